The first kappa shape index (κ1) is 21.7. The second-order valence-electron chi connectivity index (χ2n) is 6.03. The predicted octanol–water partition coefficient (Wildman–Crippen LogP) is 2.11. The molecule has 2 amide bonds. The van der Waals surface area contributed by atoms with Gasteiger partial charge in [0.05, 0.1) is 28.8 Å². The summed E-state index contributed by atoms with van der Waals surface area (Å²) >= 11 is 2.16. The molecule has 0 saturated heterocycles. The van der Waals surface area contributed by atoms with Gasteiger partial charge in [-0.15, -0.1) is 11.8 Å². The zero-order chi connectivity index (χ0) is 21.7. The Balaban J connectivity index is 1.68. The SMILES string of the molecule is COC(=O)Cn1c(=NC(=O)CSCC(=O)Nc2cc(C)on2)sc2cc(F)ccc21. The molecule has 0 atom stereocenters. The topological polar surface area (TPSA) is 116 Å². The number of aromatic nitrogens is 2. The van der Waals surface area contributed by atoms with Crippen molar-refractivity contribution in [3.8, 4) is 0 Å². The Hall–Kier alpha value is -2.99. The molecule has 1 N–H and O–H groups in total. The van der Waals surface area contributed by atoms with E-state index in [1.807, 2.05) is 0 Å². The fourth-order valence-electron chi connectivity index (χ4n) is 2.45. The molecule has 1 aromatic carbocycles. The molecule has 3 rings (SSSR count). The number of hydrogen-bond donors (Lipinski definition) is 1. The summed E-state index contributed by atoms with van der Waals surface area (Å²) in [5.74, 6) is -0.947. The Morgan fingerprint density at radius 2 is 2.13 bits per heavy atom. The molecule has 0 aliphatic carbocycles. The van der Waals surface area contributed by atoms with E-state index in [-0.39, 0.29) is 28.8 Å². The maximum absolute atomic E-state index is 13.5. The van der Waals surface area contributed by atoms with E-state index in [2.05, 4.69) is 20.2 Å². The number of carbonyl (C=O) groups is 3. The second kappa shape index (κ2) is 9.67. The van der Waals surface area contributed by atoms with Crippen LogP contribution in [0.3, 0.4) is 0 Å². The number of thiazole rings is 1. The molecular formula is C18H17FN4O5S2. The average molecular weight is 452 g/mol. The number of ether oxygens (including phenoxy) is 1. The Morgan fingerprint density at radius 1 is 1.33 bits per heavy atom. The van der Waals surface area contributed by atoms with E-state index in [4.69, 9.17) is 4.52 Å². The van der Waals surface area contributed by atoms with Crippen molar-refractivity contribution in [2.75, 3.05) is 23.9 Å². The molecular weight excluding hydrogens is 435 g/mol. The summed E-state index contributed by atoms with van der Waals surface area (Å²) in [6.07, 6.45) is 0. The largest absolute Gasteiger partial charge is 0.468 e. The van der Waals surface area contributed by atoms with Gasteiger partial charge in [-0.05, 0) is 25.1 Å². The van der Waals surface area contributed by atoms with E-state index in [0.29, 0.717) is 21.8 Å². The summed E-state index contributed by atoms with van der Waals surface area (Å²) in [6.45, 7) is 1.54. The number of methoxy groups -OCH3 is 1. The van der Waals surface area contributed by atoms with E-state index < -0.39 is 17.7 Å². The molecule has 9 nitrogen and oxygen atoms in total. The number of carbonyl (C=O) groups excluding carboxylic acids is 3. The number of aryl methyl sites for hydroxylation is 1. The third kappa shape index (κ3) is 5.54. The number of hydrogen-bond acceptors (Lipinski definition) is 8. The number of nitrogens with zero attached hydrogens (tertiary/aromatic N) is 3. The van der Waals surface area contributed by atoms with Crippen LogP contribution in [0.25, 0.3) is 10.2 Å². The minimum atomic E-state index is -0.526. The summed E-state index contributed by atoms with van der Waals surface area (Å²) in [7, 11) is 1.25. The van der Waals surface area contributed by atoms with Crippen molar-refractivity contribution in [3.63, 3.8) is 0 Å². The van der Waals surface area contributed by atoms with E-state index in [9.17, 15) is 18.8 Å². The molecule has 0 spiro atoms. The van der Waals surface area contributed by atoms with Gasteiger partial charge in [0.1, 0.15) is 18.1 Å². The van der Waals surface area contributed by atoms with Crippen LogP contribution >= 0.6 is 23.1 Å². The minimum absolute atomic E-state index is 0.0208. The van der Waals surface area contributed by atoms with Crippen LogP contribution in [-0.2, 0) is 25.7 Å². The van der Waals surface area contributed by atoms with Gasteiger partial charge < -0.3 is 19.1 Å². The minimum Gasteiger partial charge on any atom is -0.468 e. The Labute approximate surface area is 177 Å². The van der Waals surface area contributed by atoms with Crippen molar-refractivity contribution < 1.29 is 28.0 Å². The summed E-state index contributed by atoms with van der Waals surface area (Å²) in [4.78, 5) is 40.1. The molecule has 12 heteroatoms. The van der Waals surface area contributed by atoms with Crippen LogP contribution in [0.5, 0.6) is 0 Å². The summed E-state index contributed by atoms with van der Waals surface area (Å²) in [5.41, 5.74) is 0.563. The predicted molar refractivity (Wildman–Crippen MR) is 110 cm³/mol. The highest BCUT2D eigenvalue weighted by atomic mass is 32.2. The van der Waals surface area contributed by atoms with Crippen LogP contribution in [0.15, 0.2) is 33.8 Å². The van der Waals surface area contributed by atoms with Gasteiger partial charge in [-0.1, -0.05) is 16.5 Å². The molecule has 2 heterocycles. The maximum Gasteiger partial charge on any atom is 0.325 e. The smallest absolute Gasteiger partial charge is 0.325 e. The zero-order valence-corrected chi connectivity index (χ0v) is 17.6. The molecule has 0 aliphatic rings. The zero-order valence-electron chi connectivity index (χ0n) is 16.0. The second-order valence-corrected chi connectivity index (χ2v) is 8.02. The number of thioether (sulfide) groups is 1. The molecule has 0 saturated carbocycles. The van der Waals surface area contributed by atoms with Gasteiger partial charge in [0.25, 0.3) is 5.91 Å². The summed E-state index contributed by atoms with van der Waals surface area (Å²) in [5, 5.41) is 6.21. The van der Waals surface area contributed by atoms with Crippen LogP contribution in [0.2, 0.25) is 0 Å². The van der Waals surface area contributed by atoms with Crippen molar-refractivity contribution >= 4 is 56.9 Å². The van der Waals surface area contributed by atoms with Crippen molar-refractivity contribution in [1.82, 2.24) is 9.72 Å². The third-order valence-corrected chi connectivity index (χ3v) is 5.69. The molecule has 3 aromatic rings. The van der Waals surface area contributed by atoms with Gasteiger partial charge >= 0.3 is 5.97 Å². The Kier molecular flexibility index (Phi) is 7.00. The highest BCUT2D eigenvalue weighted by Gasteiger charge is 2.13. The van der Waals surface area contributed by atoms with Crippen molar-refractivity contribution in [2.45, 2.75) is 13.5 Å². The molecule has 158 valence electrons. The normalized spacial score (nSPS) is 11.6. The average Bonchev–Trinajstić information content (AvgIpc) is 3.24. The number of halogens is 1. The lowest BCUT2D eigenvalue weighted by molar-refractivity contribution is -0.141. The third-order valence-electron chi connectivity index (χ3n) is 3.73. The lowest BCUT2D eigenvalue weighted by atomic mass is 10.3. The summed E-state index contributed by atoms with van der Waals surface area (Å²) in [6, 6.07) is 5.66. The van der Waals surface area contributed by atoms with E-state index in [0.717, 1.165) is 23.1 Å². The number of fused-ring (bicyclic) bond motifs is 1. The molecule has 0 aliphatic heterocycles. The quantitative estimate of drug-likeness (QED) is 0.546. The molecule has 0 fully saturated rings. The molecule has 0 bridgehead atoms. The van der Waals surface area contributed by atoms with E-state index >= 15 is 0 Å². The first-order valence-electron chi connectivity index (χ1n) is 8.60. The molecule has 0 radical (unpaired) electrons. The lowest BCUT2D eigenvalue weighted by Crippen LogP contribution is -2.23. The van der Waals surface area contributed by atoms with Gasteiger partial charge in [-0.25, -0.2) is 4.39 Å². The molecule has 30 heavy (non-hydrogen) atoms. The Bertz CT molecular complexity index is 1170. The van der Waals surface area contributed by atoms with Crippen LogP contribution < -0.4 is 10.1 Å². The molecule has 0 unspecified atom stereocenters. The number of benzene rings is 1. The molecule has 2 aromatic heterocycles. The maximum atomic E-state index is 13.5. The van der Waals surface area contributed by atoms with Gasteiger partial charge in [-0.3, -0.25) is 14.4 Å². The number of amides is 2. The number of esters is 1. The highest BCUT2D eigenvalue weighted by Crippen LogP contribution is 2.19. The first-order chi connectivity index (χ1) is 14.4. The van der Waals surface area contributed by atoms with Gasteiger partial charge in [0.2, 0.25) is 5.91 Å². The highest BCUT2D eigenvalue weighted by molar-refractivity contribution is 8.00. The van der Waals surface area contributed by atoms with Crippen LogP contribution in [-0.4, -0.2) is 46.1 Å². The van der Waals surface area contributed by atoms with Crippen molar-refractivity contribution in [3.05, 3.63) is 40.6 Å². The van der Waals surface area contributed by atoms with Crippen molar-refractivity contribution in [1.29, 1.82) is 0 Å². The summed E-state index contributed by atoms with van der Waals surface area (Å²) < 4.78 is 25.1. The van der Waals surface area contributed by atoms with Gasteiger partial charge in [-0.2, -0.15) is 4.99 Å². The van der Waals surface area contributed by atoms with E-state index in [1.165, 1.54) is 29.9 Å². The number of rotatable bonds is 7. The fraction of sp³-hybridized carbons (Fsp3) is 0.278. The Morgan fingerprint density at radius 3 is 2.83 bits per heavy atom. The van der Waals surface area contributed by atoms with Gasteiger partial charge in [0, 0.05) is 6.07 Å². The first-order valence-corrected chi connectivity index (χ1v) is 10.6. The fourth-order valence-corrected chi connectivity index (χ4v) is 4.12. The van der Waals surface area contributed by atoms with Crippen LogP contribution in [0, 0.1) is 12.7 Å². The monoisotopic (exact) mass is 452 g/mol. The number of anilines is 1. The lowest BCUT2D eigenvalue weighted by Gasteiger charge is -2.03. The van der Waals surface area contributed by atoms with Crippen LogP contribution in [0.4, 0.5) is 10.2 Å². The van der Waals surface area contributed by atoms with Crippen LogP contribution in [0.1, 0.15) is 5.76 Å². The standard InChI is InChI=1S/C18H17FN4O5S2/c1-10-5-14(22-28-10)20-15(24)8-29-9-16(25)21-18-23(7-17(26)27-2)12-4-3-11(19)6-13(12)30-18/h3-6H,7-9H2,1-2H3,(H,20,22,24). The number of nitrogens with one attached hydrogen (secondary N) is 1. The van der Waals surface area contributed by atoms with Crippen molar-refractivity contribution in [2.24, 2.45) is 4.99 Å². The van der Waals surface area contributed by atoms with E-state index in [1.54, 1.807) is 13.0 Å². The van der Waals surface area contributed by atoms with Gasteiger partial charge in [0.15, 0.2) is 10.6 Å².